The molecular weight excluding hydrogens is 446 g/mol. The number of carbonyl (C=O) groups is 1. The third kappa shape index (κ3) is 6.02. The molecule has 2 rings (SSSR count). The van der Waals surface area contributed by atoms with Crippen LogP contribution in [0, 0.1) is 6.92 Å². The van der Waals surface area contributed by atoms with Gasteiger partial charge in [0, 0.05) is 24.9 Å². The van der Waals surface area contributed by atoms with Gasteiger partial charge in [-0.1, -0.05) is 6.07 Å². The normalized spacial score (nSPS) is 11.9. The molecule has 12 heteroatoms. The van der Waals surface area contributed by atoms with E-state index in [9.17, 15) is 21.6 Å². The standard InChI is InChI=1S/C19H25N3O7S2/c1-13-5-7-15(12-17(13)30(24,25)20-2)22-19(23)14-6-8-16(29-4)18(11-14)31(26,27)21-9-10-28-3/h5-8,11-12,20-21H,9-10H2,1-4H3,(H,22,23). The maximum atomic E-state index is 12.7. The third-order valence-electron chi connectivity index (χ3n) is 4.32. The van der Waals surface area contributed by atoms with Crippen LogP contribution in [0.5, 0.6) is 5.75 Å². The molecule has 0 fully saturated rings. The summed E-state index contributed by atoms with van der Waals surface area (Å²) in [6.45, 7) is 1.85. The van der Waals surface area contributed by atoms with E-state index in [0.717, 1.165) is 0 Å². The Morgan fingerprint density at radius 2 is 1.68 bits per heavy atom. The van der Waals surface area contributed by atoms with Crippen LogP contribution >= 0.6 is 0 Å². The SMILES string of the molecule is CNS(=O)(=O)c1cc(NC(=O)c2ccc(OC)c(S(=O)(=O)NCCOC)c2)ccc1C. The van der Waals surface area contributed by atoms with Gasteiger partial charge in [0.05, 0.1) is 18.6 Å². The zero-order valence-electron chi connectivity index (χ0n) is 17.6. The van der Waals surface area contributed by atoms with Gasteiger partial charge in [-0.25, -0.2) is 26.3 Å². The highest BCUT2D eigenvalue weighted by molar-refractivity contribution is 7.89. The first-order valence-electron chi connectivity index (χ1n) is 9.08. The van der Waals surface area contributed by atoms with E-state index in [1.54, 1.807) is 19.1 Å². The summed E-state index contributed by atoms with van der Waals surface area (Å²) >= 11 is 0. The van der Waals surface area contributed by atoms with E-state index in [1.165, 1.54) is 45.5 Å². The van der Waals surface area contributed by atoms with E-state index >= 15 is 0 Å². The molecule has 0 saturated heterocycles. The highest BCUT2D eigenvalue weighted by atomic mass is 32.2. The third-order valence-corrected chi connectivity index (χ3v) is 7.36. The van der Waals surface area contributed by atoms with Crippen molar-refractivity contribution in [3.8, 4) is 5.75 Å². The smallest absolute Gasteiger partial charge is 0.255 e. The molecule has 0 heterocycles. The molecule has 10 nitrogen and oxygen atoms in total. The lowest BCUT2D eigenvalue weighted by atomic mass is 10.2. The van der Waals surface area contributed by atoms with Gasteiger partial charge >= 0.3 is 0 Å². The summed E-state index contributed by atoms with van der Waals surface area (Å²) in [6.07, 6.45) is 0. The maximum absolute atomic E-state index is 12.7. The van der Waals surface area contributed by atoms with Crippen LogP contribution in [-0.4, -0.2) is 57.2 Å². The van der Waals surface area contributed by atoms with E-state index in [2.05, 4.69) is 14.8 Å². The monoisotopic (exact) mass is 471 g/mol. The summed E-state index contributed by atoms with van der Waals surface area (Å²) in [5, 5.41) is 2.58. The number of hydrogen-bond acceptors (Lipinski definition) is 7. The second-order valence-electron chi connectivity index (χ2n) is 6.40. The highest BCUT2D eigenvalue weighted by Crippen LogP contribution is 2.26. The Labute approximate surface area is 182 Å². The van der Waals surface area contributed by atoms with Gasteiger partial charge in [-0.3, -0.25) is 4.79 Å². The Bertz CT molecular complexity index is 1160. The van der Waals surface area contributed by atoms with Crippen LogP contribution in [0.15, 0.2) is 46.2 Å². The number of ether oxygens (including phenoxy) is 2. The first kappa shape index (κ1) is 24.8. The predicted octanol–water partition coefficient (Wildman–Crippen LogP) is 1.09. The molecule has 170 valence electrons. The molecule has 0 aliphatic heterocycles. The van der Waals surface area contributed by atoms with Crippen LogP contribution in [0.1, 0.15) is 15.9 Å². The Balaban J connectivity index is 2.36. The number of sulfonamides is 2. The van der Waals surface area contributed by atoms with Crippen LogP contribution in [0.3, 0.4) is 0 Å². The van der Waals surface area contributed by atoms with Crippen molar-refractivity contribution >= 4 is 31.6 Å². The van der Waals surface area contributed by atoms with Crippen molar-refractivity contribution in [2.45, 2.75) is 16.7 Å². The molecule has 2 aromatic rings. The summed E-state index contributed by atoms with van der Waals surface area (Å²) in [7, 11) is -3.62. The van der Waals surface area contributed by atoms with Crippen molar-refractivity contribution in [3.63, 3.8) is 0 Å². The van der Waals surface area contributed by atoms with Crippen molar-refractivity contribution in [1.82, 2.24) is 9.44 Å². The summed E-state index contributed by atoms with van der Waals surface area (Å²) in [5.41, 5.74) is 0.793. The summed E-state index contributed by atoms with van der Waals surface area (Å²) in [4.78, 5) is 12.5. The molecule has 0 aliphatic rings. The van der Waals surface area contributed by atoms with Crippen molar-refractivity contribution in [2.75, 3.05) is 39.7 Å². The molecule has 3 N–H and O–H groups in total. The minimum atomic E-state index is -3.96. The van der Waals surface area contributed by atoms with E-state index in [0.29, 0.717) is 5.56 Å². The Morgan fingerprint density at radius 1 is 0.968 bits per heavy atom. The first-order valence-corrected chi connectivity index (χ1v) is 12.0. The molecule has 0 radical (unpaired) electrons. The largest absolute Gasteiger partial charge is 0.495 e. The van der Waals surface area contributed by atoms with Crippen molar-refractivity contribution in [1.29, 1.82) is 0 Å². The molecule has 2 aromatic carbocycles. The van der Waals surface area contributed by atoms with Crippen molar-refractivity contribution in [2.24, 2.45) is 0 Å². The fourth-order valence-corrected chi connectivity index (χ4v) is 4.86. The average Bonchev–Trinajstić information content (AvgIpc) is 2.74. The average molecular weight is 472 g/mol. The molecular formula is C19H25N3O7S2. The number of nitrogens with one attached hydrogen (secondary N) is 3. The lowest BCUT2D eigenvalue weighted by Gasteiger charge is -2.13. The minimum Gasteiger partial charge on any atom is -0.495 e. The van der Waals surface area contributed by atoms with Gasteiger partial charge in [0.15, 0.2) is 0 Å². The van der Waals surface area contributed by atoms with Crippen LogP contribution in [0.2, 0.25) is 0 Å². The second-order valence-corrected chi connectivity index (χ2v) is 9.99. The number of carbonyl (C=O) groups excluding carboxylic acids is 1. The van der Waals surface area contributed by atoms with Crippen molar-refractivity contribution in [3.05, 3.63) is 47.5 Å². The molecule has 0 atom stereocenters. The molecule has 0 aromatic heterocycles. The molecule has 0 aliphatic carbocycles. The van der Waals surface area contributed by atoms with Crippen LogP contribution in [0.4, 0.5) is 5.69 Å². The van der Waals surface area contributed by atoms with Gasteiger partial charge in [-0.05, 0) is 49.9 Å². The zero-order valence-corrected chi connectivity index (χ0v) is 19.2. The molecule has 0 unspecified atom stereocenters. The number of hydrogen-bond donors (Lipinski definition) is 3. The number of amides is 1. The summed E-state index contributed by atoms with van der Waals surface area (Å²) in [5.74, 6) is -0.549. The molecule has 0 bridgehead atoms. The molecule has 1 amide bonds. The van der Waals surface area contributed by atoms with Crippen LogP contribution < -0.4 is 19.5 Å². The van der Waals surface area contributed by atoms with E-state index in [-0.39, 0.29) is 39.9 Å². The first-order chi connectivity index (χ1) is 14.6. The van der Waals surface area contributed by atoms with Crippen LogP contribution in [-0.2, 0) is 24.8 Å². The van der Waals surface area contributed by atoms with Gasteiger partial charge in [-0.15, -0.1) is 0 Å². The molecule has 31 heavy (non-hydrogen) atoms. The lowest BCUT2D eigenvalue weighted by molar-refractivity contribution is 0.102. The van der Waals surface area contributed by atoms with E-state index in [4.69, 9.17) is 9.47 Å². The molecule has 0 saturated carbocycles. The van der Waals surface area contributed by atoms with Crippen molar-refractivity contribution < 1.29 is 31.1 Å². The van der Waals surface area contributed by atoms with Gasteiger partial charge < -0.3 is 14.8 Å². The predicted molar refractivity (Wildman–Crippen MR) is 115 cm³/mol. The Hall–Kier alpha value is -2.51. The van der Waals surface area contributed by atoms with Crippen LogP contribution in [0.25, 0.3) is 0 Å². The number of aryl methyl sites for hydroxylation is 1. The summed E-state index contributed by atoms with van der Waals surface area (Å²) in [6, 6.07) is 8.39. The Morgan fingerprint density at radius 3 is 2.29 bits per heavy atom. The topological polar surface area (TPSA) is 140 Å². The lowest BCUT2D eigenvalue weighted by Crippen LogP contribution is -2.28. The van der Waals surface area contributed by atoms with Gasteiger partial charge in [0.1, 0.15) is 10.6 Å². The molecule has 0 spiro atoms. The zero-order chi connectivity index (χ0) is 23.2. The number of rotatable bonds is 10. The number of methoxy groups -OCH3 is 2. The maximum Gasteiger partial charge on any atom is 0.255 e. The van der Waals surface area contributed by atoms with E-state index in [1.807, 2.05) is 0 Å². The van der Waals surface area contributed by atoms with Gasteiger partial charge in [0.2, 0.25) is 20.0 Å². The van der Waals surface area contributed by atoms with E-state index < -0.39 is 26.0 Å². The quantitative estimate of drug-likeness (QED) is 0.441. The summed E-state index contributed by atoms with van der Waals surface area (Å²) < 4.78 is 64.0. The minimum absolute atomic E-state index is 0.0214. The van der Waals surface area contributed by atoms with Gasteiger partial charge in [-0.2, -0.15) is 0 Å². The van der Waals surface area contributed by atoms with Gasteiger partial charge in [0.25, 0.3) is 5.91 Å². The fourth-order valence-electron chi connectivity index (χ4n) is 2.66. The fraction of sp³-hybridized carbons (Fsp3) is 0.316. The number of anilines is 1. The highest BCUT2D eigenvalue weighted by Gasteiger charge is 2.22. The second kappa shape index (κ2) is 10.2. The Kier molecular flexibility index (Phi) is 8.14. The number of benzene rings is 2.